The van der Waals surface area contributed by atoms with E-state index in [0.29, 0.717) is 25.1 Å². The number of carbonyl (C=O) groups is 1. The molecular weight excluding hydrogens is 604 g/mol. The van der Waals surface area contributed by atoms with Gasteiger partial charge in [0, 0.05) is 56.1 Å². The van der Waals surface area contributed by atoms with E-state index in [9.17, 15) is 9.90 Å². The Morgan fingerprint density at radius 1 is 0.958 bits per heavy atom. The van der Waals surface area contributed by atoms with Crippen molar-refractivity contribution in [2.75, 3.05) is 71.0 Å². The van der Waals surface area contributed by atoms with Crippen molar-refractivity contribution in [2.24, 2.45) is 0 Å². The number of carbonyl (C=O) groups excluding carboxylic acids is 1. The molecule has 0 saturated carbocycles. The number of ether oxygens (including phenoxy) is 2. The summed E-state index contributed by atoms with van der Waals surface area (Å²) in [6.07, 6.45) is 5.83. The number of piperazine rings is 1. The van der Waals surface area contributed by atoms with Crippen LogP contribution in [-0.4, -0.2) is 120 Å². The number of fused-ring (bicyclic) bond motifs is 4. The molecule has 4 aliphatic heterocycles. The maximum atomic E-state index is 13.4. The van der Waals surface area contributed by atoms with Crippen LogP contribution in [0, 0.1) is 0 Å². The van der Waals surface area contributed by atoms with Crippen LogP contribution in [0.3, 0.4) is 0 Å². The number of benzene rings is 3. The quantitative estimate of drug-likeness (QED) is 0.271. The third-order valence-corrected chi connectivity index (χ3v) is 10.9. The third kappa shape index (κ3) is 6.29. The summed E-state index contributed by atoms with van der Waals surface area (Å²) in [5.41, 5.74) is 2.76. The number of morpholine rings is 1. The Kier molecular flexibility index (Phi) is 8.79. The van der Waals surface area contributed by atoms with Crippen molar-refractivity contribution in [3.8, 4) is 22.9 Å². The van der Waals surface area contributed by atoms with Crippen molar-refractivity contribution in [3.05, 3.63) is 54.6 Å². The van der Waals surface area contributed by atoms with Gasteiger partial charge < -0.3 is 29.3 Å². The van der Waals surface area contributed by atoms with Crippen molar-refractivity contribution in [1.29, 1.82) is 0 Å². The van der Waals surface area contributed by atoms with E-state index in [1.165, 1.54) is 6.42 Å². The molecule has 48 heavy (non-hydrogen) atoms. The molecule has 252 valence electrons. The predicted octanol–water partition coefficient (Wildman–Crippen LogP) is 4.92. The van der Waals surface area contributed by atoms with Crippen molar-refractivity contribution < 1.29 is 19.4 Å². The molecule has 0 radical (unpaired) electrons. The number of hydrogen-bond donors (Lipinski definition) is 1. The minimum absolute atomic E-state index is 0.202. The Bertz CT molecular complexity index is 1780. The van der Waals surface area contributed by atoms with Crippen LogP contribution < -0.4 is 9.64 Å². The number of anilines is 1. The zero-order chi connectivity index (χ0) is 32.6. The maximum Gasteiger partial charge on any atom is 0.319 e. The van der Waals surface area contributed by atoms with Crippen LogP contribution >= 0.6 is 0 Å². The third-order valence-electron chi connectivity index (χ3n) is 10.9. The van der Waals surface area contributed by atoms with Gasteiger partial charge in [0.25, 0.3) is 0 Å². The van der Waals surface area contributed by atoms with E-state index in [4.69, 9.17) is 19.4 Å². The summed E-state index contributed by atoms with van der Waals surface area (Å²) in [6, 6.07) is 19.3. The molecule has 4 fully saturated rings. The Morgan fingerprint density at radius 2 is 1.77 bits per heavy atom. The van der Waals surface area contributed by atoms with E-state index >= 15 is 0 Å². The summed E-state index contributed by atoms with van der Waals surface area (Å²) in [5, 5.41) is 13.6. The molecule has 1 amide bonds. The lowest BCUT2D eigenvalue weighted by Crippen LogP contribution is -2.55. The fourth-order valence-corrected chi connectivity index (χ4v) is 8.30. The van der Waals surface area contributed by atoms with E-state index < -0.39 is 0 Å². The number of likely N-dealkylation sites (N-methyl/N-ethyl adjacent to an activating group) is 1. The van der Waals surface area contributed by atoms with Gasteiger partial charge in [-0.25, -0.2) is 0 Å². The number of aromatic nitrogens is 2. The number of phenols is 1. The Hall–Kier alpha value is -3.99. The minimum atomic E-state index is 0.202. The van der Waals surface area contributed by atoms with E-state index in [2.05, 4.69) is 50.9 Å². The number of phenolic OH excluding ortho intramolecular Hbond substituents is 1. The van der Waals surface area contributed by atoms with Crippen LogP contribution in [0.15, 0.2) is 54.6 Å². The summed E-state index contributed by atoms with van der Waals surface area (Å²) >= 11 is 0. The van der Waals surface area contributed by atoms with E-state index in [0.717, 1.165) is 117 Å². The van der Waals surface area contributed by atoms with Gasteiger partial charge >= 0.3 is 6.01 Å². The highest BCUT2D eigenvalue weighted by molar-refractivity contribution is 6.01. The molecule has 4 aliphatic rings. The van der Waals surface area contributed by atoms with Crippen LogP contribution in [0.25, 0.3) is 32.8 Å². The summed E-state index contributed by atoms with van der Waals surface area (Å²) in [5.74, 6) is 1.40. The Labute approximate surface area is 282 Å². The van der Waals surface area contributed by atoms with Gasteiger partial charge in [0.1, 0.15) is 18.2 Å². The van der Waals surface area contributed by atoms with Crippen LogP contribution in [0.2, 0.25) is 0 Å². The first kappa shape index (κ1) is 31.3. The van der Waals surface area contributed by atoms with Crippen molar-refractivity contribution in [2.45, 2.75) is 56.7 Å². The molecule has 8 rings (SSSR count). The standard InChI is InChI=1S/C38H46N6O4/c1-41-14-4-7-30(41)25-48-38-39-35-21-27(34-22-31(45)20-26-6-2-3-8-32(26)34)10-13-33(35)37(40-38)44-28-11-12-29(44)24-43(23-28)36(46)9-5-15-42-16-18-47-19-17-42/h2-3,6,8,10,13,20-22,28-30,45H,4-5,7,9,11-12,14-19,23-25H2,1H3/t28?,29?,30-/m0/s1. The van der Waals surface area contributed by atoms with Gasteiger partial charge in [-0.05, 0) is 98.4 Å². The fourth-order valence-electron chi connectivity index (χ4n) is 8.30. The molecule has 1 N–H and O–H groups in total. The minimum Gasteiger partial charge on any atom is -0.508 e. The summed E-state index contributed by atoms with van der Waals surface area (Å²) in [4.78, 5) is 32.8. The van der Waals surface area contributed by atoms with Gasteiger partial charge in [-0.3, -0.25) is 9.69 Å². The first-order valence-electron chi connectivity index (χ1n) is 17.7. The first-order valence-corrected chi connectivity index (χ1v) is 17.7. The van der Waals surface area contributed by atoms with E-state index in [1.54, 1.807) is 6.07 Å². The molecule has 10 nitrogen and oxygen atoms in total. The molecule has 4 saturated heterocycles. The van der Waals surface area contributed by atoms with E-state index in [1.807, 2.05) is 24.3 Å². The van der Waals surface area contributed by atoms with Gasteiger partial charge in [0.05, 0.1) is 18.7 Å². The van der Waals surface area contributed by atoms with Crippen molar-refractivity contribution >= 4 is 33.4 Å². The molecule has 4 aromatic rings. The summed E-state index contributed by atoms with van der Waals surface area (Å²) in [7, 11) is 2.15. The maximum absolute atomic E-state index is 13.4. The number of rotatable bonds is 9. The molecule has 0 aliphatic carbocycles. The van der Waals surface area contributed by atoms with Gasteiger partial charge in [-0.1, -0.05) is 30.3 Å². The Morgan fingerprint density at radius 3 is 2.56 bits per heavy atom. The first-order chi connectivity index (χ1) is 23.5. The zero-order valence-corrected chi connectivity index (χ0v) is 27.9. The topological polar surface area (TPSA) is 94.5 Å². The second kappa shape index (κ2) is 13.5. The number of aromatic hydroxyl groups is 1. The van der Waals surface area contributed by atoms with Gasteiger partial charge in [-0.15, -0.1) is 0 Å². The lowest BCUT2D eigenvalue weighted by atomic mass is 9.97. The smallest absolute Gasteiger partial charge is 0.319 e. The van der Waals surface area contributed by atoms with Crippen LogP contribution in [0.5, 0.6) is 11.8 Å². The molecule has 1 aromatic heterocycles. The monoisotopic (exact) mass is 650 g/mol. The molecule has 3 atom stereocenters. The average molecular weight is 651 g/mol. The van der Waals surface area contributed by atoms with Crippen molar-refractivity contribution in [1.82, 2.24) is 24.7 Å². The van der Waals surface area contributed by atoms with Gasteiger partial charge in [0.15, 0.2) is 0 Å². The number of likely N-dealkylation sites (tertiary alicyclic amines) is 2. The van der Waals surface area contributed by atoms with Crippen LogP contribution in [0.4, 0.5) is 5.82 Å². The lowest BCUT2D eigenvalue weighted by Gasteiger charge is -2.42. The lowest BCUT2D eigenvalue weighted by molar-refractivity contribution is -0.132. The van der Waals surface area contributed by atoms with Crippen molar-refractivity contribution in [3.63, 3.8) is 0 Å². The second-order valence-corrected chi connectivity index (χ2v) is 14.0. The molecule has 10 heteroatoms. The fraction of sp³-hybridized carbons (Fsp3) is 0.500. The molecular formula is C38H46N6O4. The zero-order valence-electron chi connectivity index (χ0n) is 27.9. The van der Waals surface area contributed by atoms with E-state index in [-0.39, 0.29) is 23.7 Å². The average Bonchev–Trinajstić information content (AvgIpc) is 3.64. The predicted molar refractivity (Wildman–Crippen MR) is 188 cm³/mol. The molecule has 3 aromatic carbocycles. The van der Waals surface area contributed by atoms with Gasteiger partial charge in [0.2, 0.25) is 5.91 Å². The highest BCUT2D eigenvalue weighted by Crippen LogP contribution is 2.40. The normalized spacial score (nSPS) is 23.4. The molecule has 0 spiro atoms. The van der Waals surface area contributed by atoms with Gasteiger partial charge in [-0.2, -0.15) is 9.97 Å². The molecule has 2 unspecified atom stereocenters. The summed E-state index contributed by atoms with van der Waals surface area (Å²) < 4.78 is 11.8. The Balaban J connectivity index is 1.08. The highest BCUT2D eigenvalue weighted by Gasteiger charge is 2.43. The number of nitrogens with zero attached hydrogens (tertiary/aromatic N) is 6. The largest absolute Gasteiger partial charge is 0.508 e. The second-order valence-electron chi connectivity index (χ2n) is 14.0. The molecule has 5 heterocycles. The SMILES string of the molecule is CN1CCC[C@H]1COc1nc(N2C3CCC2CN(C(=O)CCCN2CCOCC2)C3)c2ccc(-c3cc(O)cc4ccccc34)cc2n1. The highest BCUT2D eigenvalue weighted by atomic mass is 16.5. The van der Waals surface area contributed by atoms with Crippen LogP contribution in [0.1, 0.15) is 38.5 Å². The summed E-state index contributed by atoms with van der Waals surface area (Å²) in [6.45, 7) is 7.51. The molecule has 2 bridgehead atoms. The van der Waals surface area contributed by atoms with Crippen LogP contribution in [-0.2, 0) is 9.53 Å². The number of amides is 1. The number of hydrogen-bond acceptors (Lipinski definition) is 9.